The van der Waals surface area contributed by atoms with Gasteiger partial charge in [0.05, 0.1) is 22.8 Å². The third-order valence-corrected chi connectivity index (χ3v) is 4.60. The SMILES string of the molecule is COc1ccccc1CNC(=O)C(C)(C)C(=O)Nc1c(Cl)cccc1Cl. The van der Waals surface area contributed by atoms with Crippen molar-refractivity contribution < 1.29 is 14.3 Å². The smallest absolute Gasteiger partial charge is 0.239 e. The number of hydrogen-bond donors (Lipinski definition) is 2. The van der Waals surface area contributed by atoms with Crippen molar-refractivity contribution in [1.82, 2.24) is 5.32 Å². The lowest BCUT2D eigenvalue weighted by Gasteiger charge is -2.23. The molecule has 2 aromatic carbocycles. The first kappa shape index (κ1) is 20.1. The van der Waals surface area contributed by atoms with Crippen LogP contribution in [0.2, 0.25) is 10.0 Å². The second-order valence-electron chi connectivity index (χ2n) is 6.17. The predicted octanol–water partition coefficient (Wildman–Crippen LogP) is 4.28. The van der Waals surface area contributed by atoms with Gasteiger partial charge in [-0.15, -0.1) is 0 Å². The first-order valence-corrected chi connectivity index (χ1v) is 8.68. The van der Waals surface area contributed by atoms with Crippen LogP contribution in [0.15, 0.2) is 42.5 Å². The van der Waals surface area contributed by atoms with E-state index in [1.54, 1.807) is 31.4 Å². The number of halogens is 2. The number of amides is 2. The molecule has 0 radical (unpaired) electrons. The molecule has 0 atom stereocenters. The lowest BCUT2D eigenvalue weighted by atomic mass is 9.90. The number of carbonyl (C=O) groups excluding carboxylic acids is 2. The summed E-state index contributed by atoms with van der Waals surface area (Å²) in [5.41, 5.74) is -0.231. The van der Waals surface area contributed by atoms with E-state index in [0.29, 0.717) is 15.8 Å². The molecule has 138 valence electrons. The van der Waals surface area contributed by atoms with Gasteiger partial charge in [-0.25, -0.2) is 0 Å². The Morgan fingerprint density at radius 1 is 1.00 bits per heavy atom. The Kier molecular flexibility index (Phi) is 6.51. The molecule has 0 aliphatic heterocycles. The van der Waals surface area contributed by atoms with Crippen molar-refractivity contribution in [3.05, 3.63) is 58.1 Å². The van der Waals surface area contributed by atoms with Gasteiger partial charge in [0, 0.05) is 12.1 Å². The maximum atomic E-state index is 12.6. The van der Waals surface area contributed by atoms with Crippen molar-refractivity contribution in [2.75, 3.05) is 12.4 Å². The van der Waals surface area contributed by atoms with E-state index in [9.17, 15) is 9.59 Å². The summed E-state index contributed by atoms with van der Waals surface area (Å²) in [5, 5.41) is 6.00. The molecule has 0 fully saturated rings. The lowest BCUT2D eigenvalue weighted by Crippen LogP contribution is -2.45. The van der Waals surface area contributed by atoms with Crippen LogP contribution in [0.5, 0.6) is 5.75 Å². The van der Waals surface area contributed by atoms with Crippen molar-refractivity contribution in [3.8, 4) is 5.75 Å². The largest absolute Gasteiger partial charge is 0.496 e. The van der Waals surface area contributed by atoms with Crippen LogP contribution < -0.4 is 15.4 Å². The van der Waals surface area contributed by atoms with Gasteiger partial charge in [0.15, 0.2) is 0 Å². The van der Waals surface area contributed by atoms with Gasteiger partial charge in [0.2, 0.25) is 11.8 Å². The second kappa shape index (κ2) is 8.43. The number of rotatable bonds is 6. The highest BCUT2D eigenvalue weighted by Crippen LogP contribution is 2.31. The van der Waals surface area contributed by atoms with Crippen LogP contribution >= 0.6 is 23.2 Å². The van der Waals surface area contributed by atoms with E-state index in [2.05, 4.69) is 10.6 Å². The summed E-state index contributed by atoms with van der Waals surface area (Å²) >= 11 is 12.1. The van der Waals surface area contributed by atoms with Crippen LogP contribution in [0.3, 0.4) is 0 Å². The van der Waals surface area contributed by atoms with Crippen molar-refractivity contribution >= 4 is 40.7 Å². The number of para-hydroxylation sites is 2. The number of anilines is 1. The first-order chi connectivity index (χ1) is 12.3. The summed E-state index contributed by atoms with van der Waals surface area (Å²) in [5.74, 6) is -0.271. The van der Waals surface area contributed by atoms with E-state index in [1.165, 1.54) is 13.8 Å². The average Bonchev–Trinajstić information content (AvgIpc) is 2.62. The Morgan fingerprint density at radius 3 is 2.23 bits per heavy atom. The van der Waals surface area contributed by atoms with Gasteiger partial charge in [-0.05, 0) is 32.0 Å². The average molecular weight is 395 g/mol. The minimum atomic E-state index is -1.33. The molecule has 0 saturated carbocycles. The molecule has 7 heteroatoms. The Labute approximate surface area is 162 Å². The first-order valence-electron chi connectivity index (χ1n) is 7.93. The van der Waals surface area contributed by atoms with Crippen LogP contribution in [0.1, 0.15) is 19.4 Å². The maximum Gasteiger partial charge on any atom is 0.239 e. The zero-order valence-corrected chi connectivity index (χ0v) is 16.2. The molecular weight excluding hydrogens is 375 g/mol. The molecule has 2 amide bonds. The van der Waals surface area contributed by atoms with E-state index < -0.39 is 17.2 Å². The molecule has 0 aliphatic rings. The summed E-state index contributed by atoms with van der Waals surface area (Å²) in [6, 6.07) is 12.2. The third kappa shape index (κ3) is 4.48. The Morgan fingerprint density at radius 2 is 1.62 bits per heavy atom. The monoisotopic (exact) mass is 394 g/mol. The van der Waals surface area contributed by atoms with E-state index in [1.807, 2.05) is 18.2 Å². The fourth-order valence-corrected chi connectivity index (χ4v) is 2.73. The molecule has 0 aliphatic carbocycles. The number of carbonyl (C=O) groups is 2. The molecule has 0 heterocycles. The lowest BCUT2D eigenvalue weighted by molar-refractivity contribution is -0.138. The van der Waals surface area contributed by atoms with Gasteiger partial charge in [0.25, 0.3) is 0 Å². The molecule has 26 heavy (non-hydrogen) atoms. The molecule has 0 bridgehead atoms. The van der Waals surface area contributed by atoms with Crippen molar-refractivity contribution in [2.45, 2.75) is 20.4 Å². The van der Waals surface area contributed by atoms with Crippen molar-refractivity contribution in [3.63, 3.8) is 0 Å². The van der Waals surface area contributed by atoms with Crippen molar-refractivity contribution in [1.29, 1.82) is 0 Å². The number of nitrogens with one attached hydrogen (secondary N) is 2. The predicted molar refractivity (Wildman–Crippen MR) is 104 cm³/mol. The highest BCUT2D eigenvalue weighted by Gasteiger charge is 2.36. The molecule has 0 aromatic heterocycles. The van der Waals surface area contributed by atoms with Crippen LogP contribution in [0.4, 0.5) is 5.69 Å². The van der Waals surface area contributed by atoms with Crippen LogP contribution in [-0.4, -0.2) is 18.9 Å². The van der Waals surface area contributed by atoms with Crippen molar-refractivity contribution in [2.24, 2.45) is 5.41 Å². The number of methoxy groups -OCH3 is 1. The van der Waals surface area contributed by atoms with Gasteiger partial charge in [-0.3, -0.25) is 9.59 Å². The van der Waals surface area contributed by atoms with Crippen LogP contribution in [0, 0.1) is 5.41 Å². The molecule has 0 unspecified atom stereocenters. The fraction of sp³-hybridized carbons (Fsp3) is 0.263. The number of ether oxygens (including phenoxy) is 1. The van der Waals surface area contributed by atoms with E-state index >= 15 is 0 Å². The summed E-state index contributed by atoms with van der Waals surface area (Å²) < 4.78 is 5.26. The third-order valence-electron chi connectivity index (χ3n) is 3.97. The van der Waals surface area contributed by atoms with Gasteiger partial charge in [0.1, 0.15) is 11.2 Å². The number of benzene rings is 2. The Balaban J connectivity index is 2.08. The van der Waals surface area contributed by atoms with Gasteiger partial charge < -0.3 is 15.4 Å². The zero-order chi connectivity index (χ0) is 19.3. The normalized spacial score (nSPS) is 11.0. The molecule has 2 aromatic rings. The van der Waals surface area contributed by atoms with Gasteiger partial charge >= 0.3 is 0 Å². The highest BCUT2D eigenvalue weighted by molar-refractivity contribution is 6.40. The highest BCUT2D eigenvalue weighted by atomic mass is 35.5. The maximum absolute atomic E-state index is 12.6. The second-order valence-corrected chi connectivity index (χ2v) is 6.98. The molecular formula is C19H20Cl2N2O3. The Hall–Kier alpha value is -2.24. The minimum absolute atomic E-state index is 0.242. The topological polar surface area (TPSA) is 67.4 Å². The van der Waals surface area contributed by atoms with E-state index in [-0.39, 0.29) is 12.2 Å². The molecule has 5 nitrogen and oxygen atoms in total. The summed E-state index contributed by atoms with van der Waals surface area (Å²) in [6.07, 6.45) is 0. The zero-order valence-electron chi connectivity index (χ0n) is 14.7. The minimum Gasteiger partial charge on any atom is -0.496 e. The van der Waals surface area contributed by atoms with E-state index in [4.69, 9.17) is 27.9 Å². The summed E-state index contributed by atoms with van der Waals surface area (Å²) in [6.45, 7) is 3.31. The van der Waals surface area contributed by atoms with Gasteiger partial charge in [-0.2, -0.15) is 0 Å². The standard InChI is InChI=1S/C19H20Cl2N2O3/c1-19(2,18(25)23-16-13(20)8-6-9-14(16)21)17(24)22-11-12-7-4-5-10-15(12)26-3/h4-10H,11H2,1-3H3,(H,22,24)(H,23,25). The van der Waals surface area contributed by atoms with Gasteiger partial charge in [-0.1, -0.05) is 47.5 Å². The quantitative estimate of drug-likeness (QED) is 0.718. The number of hydrogen-bond acceptors (Lipinski definition) is 3. The Bertz CT molecular complexity index is 802. The van der Waals surface area contributed by atoms with Crippen LogP contribution in [0.25, 0.3) is 0 Å². The van der Waals surface area contributed by atoms with E-state index in [0.717, 1.165) is 5.56 Å². The molecule has 2 rings (SSSR count). The molecule has 0 spiro atoms. The fourth-order valence-electron chi connectivity index (χ4n) is 2.24. The molecule has 0 saturated heterocycles. The molecule has 2 N–H and O–H groups in total. The summed E-state index contributed by atoms with van der Waals surface area (Å²) in [4.78, 5) is 25.2. The summed E-state index contributed by atoms with van der Waals surface area (Å²) in [7, 11) is 1.56. The van der Waals surface area contributed by atoms with Crippen LogP contribution in [-0.2, 0) is 16.1 Å².